The molecule has 0 N–H and O–H groups in total. The average Bonchev–Trinajstić information content (AvgIpc) is 2.67. The second-order valence-electron chi connectivity index (χ2n) is 6.07. The van der Waals surface area contributed by atoms with E-state index in [0.29, 0.717) is 34.1 Å². The first kappa shape index (κ1) is 20.5. The van der Waals surface area contributed by atoms with Gasteiger partial charge in [0.05, 0.1) is 23.2 Å². The average molecular weight is 385 g/mol. The van der Waals surface area contributed by atoms with Gasteiger partial charge in [-0.1, -0.05) is 37.8 Å². The number of unbranched alkanes of at least 4 members (excludes halogenated alkanes) is 3. The topological polar surface area (TPSA) is 76.2 Å². The molecule has 6 heteroatoms. The Morgan fingerprint density at radius 3 is 2.59 bits per heavy atom. The van der Waals surface area contributed by atoms with Crippen LogP contribution < -0.4 is 4.74 Å². The summed E-state index contributed by atoms with van der Waals surface area (Å²) in [6.07, 6.45) is 6.11. The van der Waals surface area contributed by atoms with Crippen molar-refractivity contribution < 1.29 is 9.66 Å². The molecule has 140 valence electrons. The Balaban J connectivity index is 2.24. The van der Waals surface area contributed by atoms with Crippen LogP contribution in [0.25, 0.3) is 11.6 Å². The number of allylic oxidation sites excluding steroid dienone is 1. The fourth-order valence-corrected chi connectivity index (χ4v) is 2.75. The van der Waals surface area contributed by atoms with Crippen molar-refractivity contribution in [2.45, 2.75) is 32.6 Å². The third-order valence-electron chi connectivity index (χ3n) is 4.04. The number of hydrogen-bond acceptors (Lipinski definition) is 4. The molecule has 2 aromatic carbocycles. The molecule has 27 heavy (non-hydrogen) atoms. The number of nitrogens with zero attached hydrogens (tertiary/aromatic N) is 2. The third-order valence-corrected chi connectivity index (χ3v) is 4.27. The number of benzene rings is 2. The quantitative estimate of drug-likeness (QED) is 0.168. The van der Waals surface area contributed by atoms with Crippen LogP contribution in [0.5, 0.6) is 5.75 Å². The number of nitro benzene ring substituents is 1. The summed E-state index contributed by atoms with van der Waals surface area (Å²) in [5.41, 5.74) is 1.66. The van der Waals surface area contributed by atoms with E-state index in [1.807, 2.05) is 0 Å². The molecule has 5 nitrogen and oxygen atoms in total. The second-order valence-corrected chi connectivity index (χ2v) is 6.50. The van der Waals surface area contributed by atoms with Gasteiger partial charge in [-0.3, -0.25) is 10.1 Å². The Morgan fingerprint density at radius 1 is 1.22 bits per heavy atom. The minimum absolute atomic E-state index is 0.0186. The lowest BCUT2D eigenvalue weighted by atomic mass is 10.0. The Morgan fingerprint density at radius 2 is 1.96 bits per heavy atom. The van der Waals surface area contributed by atoms with Gasteiger partial charge in [-0.15, -0.1) is 0 Å². The van der Waals surface area contributed by atoms with Gasteiger partial charge < -0.3 is 4.74 Å². The predicted octanol–water partition coefficient (Wildman–Crippen LogP) is 6.27. The summed E-state index contributed by atoms with van der Waals surface area (Å²) in [5.74, 6) is 0.658. The molecule has 2 rings (SSSR count). The van der Waals surface area contributed by atoms with E-state index in [2.05, 4.69) is 13.0 Å². The van der Waals surface area contributed by atoms with Gasteiger partial charge >= 0.3 is 0 Å². The predicted molar refractivity (Wildman–Crippen MR) is 108 cm³/mol. The van der Waals surface area contributed by atoms with Crippen LogP contribution >= 0.6 is 11.6 Å². The third kappa shape index (κ3) is 6.12. The molecule has 0 atom stereocenters. The van der Waals surface area contributed by atoms with Gasteiger partial charge in [0.15, 0.2) is 0 Å². The number of non-ortho nitro benzene ring substituents is 1. The minimum atomic E-state index is -0.471. The molecule has 0 aliphatic carbocycles. The summed E-state index contributed by atoms with van der Waals surface area (Å²) in [6.45, 7) is 2.76. The van der Waals surface area contributed by atoms with Crippen molar-refractivity contribution >= 4 is 28.9 Å². The molecular weight excluding hydrogens is 364 g/mol. The van der Waals surface area contributed by atoms with Crippen molar-refractivity contribution in [1.82, 2.24) is 0 Å². The lowest BCUT2D eigenvalue weighted by Gasteiger charge is -2.10. The number of rotatable bonds is 9. The van der Waals surface area contributed by atoms with Gasteiger partial charge in [0, 0.05) is 22.7 Å². The van der Waals surface area contributed by atoms with Crippen LogP contribution in [0, 0.1) is 21.4 Å². The normalized spacial score (nSPS) is 11.1. The van der Waals surface area contributed by atoms with Crippen molar-refractivity contribution in [2.75, 3.05) is 6.61 Å². The molecule has 0 amide bonds. The lowest BCUT2D eigenvalue weighted by molar-refractivity contribution is -0.384. The van der Waals surface area contributed by atoms with Crippen LogP contribution in [0.15, 0.2) is 42.5 Å². The number of ether oxygens (including phenoxy) is 1. The number of nitriles is 1. The van der Waals surface area contributed by atoms with Gasteiger partial charge in [-0.25, -0.2) is 0 Å². The monoisotopic (exact) mass is 384 g/mol. The Kier molecular flexibility index (Phi) is 7.84. The zero-order valence-corrected chi connectivity index (χ0v) is 15.9. The summed E-state index contributed by atoms with van der Waals surface area (Å²) in [6, 6.07) is 13.3. The molecule has 0 unspecified atom stereocenters. The largest absolute Gasteiger partial charge is 0.493 e. The van der Waals surface area contributed by atoms with Crippen molar-refractivity contribution in [3.8, 4) is 11.8 Å². The van der Waals surface area contributed by atoms with Gasteiger partial charge in [0.25, 0.3) is 5.69 Å². The van der Waals surface area contributed by atoms with E-state index >= 15 is 0 Å². The molecular formula is C21H21ClN2O3. The van der Waals surface area contributed by atoms with E-state index < -0.39 is 4.92 Å². The zero-order valence-electron chi connectivity index (χ0n) is 15.2. The molecule has 0 bridgehead atoms. The SMILES string of the molecule is CCCCCCOc1ccc(Cl)cc1/C=C(\C#N)c1ccc([N+](=O)[O-])cc1. The smallest absolute Gasteiger partial charge is 0.269 e. The zero-order chi connectivity index (χ0) is 19.6. The van der Waals surface area contributed by atoms with Crippen LogP contribution in [0.1, 0.15) is 43.7 Å². The molecule has 0 saturated carbocycles. The maximum Gasteiger partial charge on any atom is 0.269 e. The van der Waals surface area contributed by atoms with Crippen LogP contribution in [0.3, 0.4) is 0 Å². The summed E-state index contributed by atoms with van der Waals surface area (Å²) < 4.78 is 5.87. The summed E-state index contributed by atoms with van der Waals surface area (Å²) in [7, 11) is 0. The van der Waals surface area contributed by atoms with E-state index in [-0.39, 0.29) is 5.69 Å². The molecule has 2 aromatic rings. The standard InChI is InChI=1S/C21H21ClN2O3/c1-2-3-4-5-12-27-21-11-8-19(22)14-17(21)13-18(15-23)16-6-9-20(10-7-16)24(25)26/h6-11,13-14H,2-5,12H2,1H3/b18-13+. The van der Waals surface area contributed by atoms with Crippen LogP contribution in [0.2, 0.25) is 5.02 Å². The molecule has 0 heterocycles. The van der Waals surface area contributed by atoms with Crippen molar-refractivity contribution in [3.05, 3.63) is 68.7 Å². The molecule has 0 fully saturated rings. The van der Waals surface area contributed by atoms with Crippen LogP contribution in [-0.2, 0) is 0 Å². The first-order chi connectivity index (χ1) is 13.0. The molecule has 0 aliphatic heterocycles. The van der Waals surface area contributed by atoms with Crippen molar-refractivity contribution in [1.29, 1.82) is 5.26 Å². The summed E-state index contributed by atoms with van der Waals surface area (Å²) >= 11 is 6.10. The van der Waals surface area contributed by atoms with E-state index in [4.69, 9.17) is 16.3 Å². The number of hydrogen-bond donors (Lipinski definition) is 0. The highest BCUT2D eigenvalue weighted by Gasteiger charge is 2.09. The van der Waals surface area contributed by atoms with E-state index in [9.17, 15) is 15.4 Å². The van der Waals surface area contributed by atoms with Crippen LogP contribution in [0.4, 0.5) is 5.69 Å². The van der Waals surface area contributed by atoms with Gasteiger partial charge in [-0.2, -0.15) is 5.26 Å². The molecule has 0 saturated heterocycles. The first-order valence-corrected chi connectivity index (χ1v) is 9.22. The molecule has 0 aliphatic rings. The maximum absolute atomic E-state index is 10.8. The molecule has 0 aromatic heterocycles. The Hall–Kier alpha value is -2.84. The van der Waals surface area contributed by atoms with Gasteiger partial charge in [-0.05, 0) is 48.4 Å². The van der Waals surface area contributed by atoms with Gasteiger partial charge in [0.1, 0.15) is 5.75 Å². The Labute approximate surface area is 164 Å². The van der Waals surface area contributed by atoms with E-state index in [1.165, 1.54) is 18.6 Å². The maximum atomic E-state index is 10.8. The molecule has 0 spiro atoms. The molecule has 0 radical (unpaired) electrons. The second kappa shape index (κ2) is 10.3. The number of halogens is 1. The Bertz CT molecular complexity index is 855. The fourth-order valence-electron chi connectivity index (χ4n) is 2.57. The first-order valence-electron chi connectivity index (χ1n) is 8.84. The van der Waals surface area contributed by atoms with E-state index in [1.54, 1.807) is 36.4 Å². The number of nitro groups is 1. The van der Waals surface area contributed by atoms with Crippen LogP contribution in [-0.4, -0.2) is 11.5 Å². The highest BCUT2D eigenvalue weighted by Crippen LogP contribution is 2.28. The highest BCUT2D eigenvalue weighted by molar-refractivity contribution is 6.30. The van der Waals surface area contributed by atoms with Crippen molar-refractivity contribution in [3.63, 3.8) is 0 Å². The summed E-state index contributed by atoms with van der Waals surface area (Å²) in [4.78, 5) is 10.3. The lowest BCUT2D eigenvalue weighted by Crippen LogP contribution is -1.99. The summed E-state index contributed by atoms with van der Waals surface area (Å²) in [5, 5.41) is 20.9. The van der Waals surface area contributed by atoms with Gasteiger partial charge in [0.2, 0.25) is 0 Å². The van der Waals surface area contributed by atoms with Crippen molar-refractivity contribution in [2.24, 2.45) is 0 Å². The van der Waals surface area contributed by atoms with E-state index in [0.717, 1.165) is 19.3 Å². The highest BCUT2D eigenvalue weighted by atomic mass is 35.5. The fraction of sp³-hybridized carbons (Fsp3) is 0.286. The minimum Gasteiger partial charge on any atom is -0.493 e.